The van der Waals surface area contributed by atoms with Crippen molar-refractivity contribution < 1.29 is 20.4 Å². The van der Waals surface area contributed by atoms with E-state index in [0.717, 1.165) is 0 Å². The third kappa shape index (κ3) is 25.1. The Bertz CT molecular complexity index is 60.8. The Kier molecular flexibility index (Phi) is 8.55. The van der Waals surface area contributed by atoms with E-state index in [-0.39, 0.29) is 6.61 Å². The van der Waals surface area contributed by atoms with Gasteiger partial charge in [0.05, 0.1) is 6.61 Å². The van der Waals surface area contributed by atoms with E-state index < -0.39 is 6.10 Å². The number of aliphatic hydroxyl groups is 4. The topological polar surface area (TPSA) is 119 Å². The Hall–Kier alpha value is -0.240. The molecule has 0 heterocycles. The van der Waals surface area contributed by atoms with Gasteiger partial charge in [0.1, 0.15) is 0 Å². The summed E-state index contributed by atoms with van der Waals surface area (Å²) < 4.78 is 0. The Morgan fingerprint density at radius 2 is 1.60 bits per heavy atom. The molecule has 0 unspecified atom stereocenters. The molecule has 0 aliphatic carbocycles. The van der Waals surface area contributed by atoms with Crippen molar-refractivity contribution in [1.82, 2.24) is 5.32 Å². The fourth-order valence-electron chi connectivity index (χ4n) is 0. The van der Waals surface area contributed by atoms with Crippen LogP contribution in [0.25, 0.3) is 0 Å². The van der Waals surface area contributed by atoms with Crippen LogP contribution in [0.1, 0.15) is 0 Å². The maximum atomic E-state index is 7.83. The van der Waals surface area contributed by atoms with E-state index in [1.165, 1.54) is 7.05 Å². The third-order valence-electron chi connectivity index (χ3n) is 0.465. The first-order valence-electron chi connectivity index (χ1n) is 2.65. The summed E-state index contributed by atoms with van der Waals surface area (Å²) in [4.78, 5) is 0. The highest BCUT2D eigenvalue weighted by Gasteiger charge is 2.11. The monoisotopic (exact) mass is 154 g/mol. The predicted molar refractivity (Wildman–Crippen MR) is 34.6 cm³/mol. The lowest BCUT2D eigenvalue weighted by Gasteiger charge is -2.09. The molecule has 6 heteroatoms. The van der Waals surface area contributed by atoms with E-state index in [4.69, 9.17) is 26.2 Å². The lowest BCUT2D eigenvalue weighted by Crippen LogP contribution is -2.41. The molecule has 0 bridgehead atoms. The molecule has 0 radical (unpaired) electrons. The van der Waals surface area contributed by atoms with Crippen LogP contribution in [0, 0.1) is 0 Å². The zero-order valence-corrected chi connectivity index (χ0v) is 5.78. The lowest BCUT2D eigenvalue weighted by molar-refractivity contribution is -0.328. The van der Waals surface area contributed by atoms with Crippen molar-refractivity contribution in [3.63, 3.8) is 0 Å². The van der Waals surface area contributed by atoms with Crippen LogP contribution in [0.15, 0.2) is 0 Å². The molecule has 0 fully saturated rings. The Balaban J connectivity index is 0. The zero-order chi connectivity index (χ0) is 8.62. The largest absolute Gasteiger partial charge is 0.395 e. The quantitative estimate of drug-likeness (QED) is 0.232. The number of hydrogen-bond donors (Lipinski definition) is 6. The van der Waals surface area contributed by atoms with Crippen LogP contribution in [-0.4, -0.2) is 46.7 Å². The number of nitrogens with two attached hydrogens (primary N) is 1. The van der Waals surface area contributed by atoms with Crippen molar-refractivity contribution in [1.29, 1.82) is 0 Å². The van der Waals surface area contributed by atoms with E-state index in [9.17, 15) is 0 Å². The predicted octanol–water partition coefficient (Wildman–Crippen LogP) is -3.27. The van der Waals surface area contributed by atoms with E-state index in [2.05, 4.69) is 0 Å². The molecule has 64 valence electrons. The summed E-state index contributed by atoms with van der Waals surface area (Å²) >= 11 is 0. The van der Waals surface area contributed by atoms with Gasteiger partial charge in [-0.3, -0.25) is 0 Å². The second-order valence-electron chi connectivity index (χ2n) is 1.40. The number of rotatable bonds is 2. The highest BCUT2D eigenvalue weighted by Crippen LogP contribution is 1.77. The minimum Gasteiger partial charge on any atom is -0.395 e. The van der Waals surface area contributed by atoms with E-state index >= 15 is 0 Å². The van der Waals surface area contributed by atoms with E-state index in [1.807, 2.05) is 0 Å². The van der Waals surface area contributed by atoms with E-state index in [1.54, 1.807) is 5.32 Å². The Labute approximate surface area is 58.9 Å². The zero-order valence-electron chi connectivity index (χ0n) is 5.78. The van der Waals surface area contributed by atoms with Crippen molar-refractivity contribution >= 4 is 0 Å². The minimum atomic E-state index is -2.71. The van der Waals surface area contributed by atoms with Gasteiger partial charge < -0.3 is 26.2 Å². The molecule has 7 N–H and O–H groups in total. The minimum absolute atomic E-state index is 0.0972. The molecule has 0 amide bonds. The van der Waals surface area contributed by atoms with Gasteiger partial charge in [0.25, 0.3) is 0 Å². The van der Waals surface area contributed by atoms with Crippen molar-refractivity contribution in [2.24, 2.45) is 5.73 Å². The number of nitrogens with one attached hydrogen (secondary N) is 1. The second kappa shape index (κ2) is 6.87. The lowest BCUT2D eigenvalue weighted by atomic mass is 10.8. The maximum absolute atomic E-state index is 7.83. The van der Waals surface area contributed by atoms with Crippen molar-refractivity contribution in [3.8, 4) is 0 Å². The van der Waals surface area contributed by atoms with Gasteiger partial charge in [-0.25, -0.2) is 5.32 Å². The van der Waals surface area contributed by atoms with Gasteiger partial charge in [0, 0.05) is 6.54 Å². The highest BCUT2D eigenvalue weighted by molar-refractivity contribution is 4.29. The van der Waals surface area contributed by atoms with Gasteiger partial charge >= 0.3 is 6.10 Å². The molecule has 0 aliphatic rings. The second-order valence-corrected chi connectivity index (χ2v) is 1.40. The number of aliphatic hydroxyl groups excluding tert-OH is 1. The van der Waals surface area contributed by atoms with Crippen molar-refractivity contribution in [2.45, 2.75) is 6.10 Å². The molecule has 0 spiro atoms. The summed E-state index contributed by atoms with van der Waals surface area (Å²) in [7, 11) is 1.21. The highest BCUT2D eigenvalue weighted by atomic mass is 16.7. The smallest absolute Gasteiger partial charge is 0.342 e. The van der Waals surface area contributed by atoms with Gasteiger partial charge in [0.2, 0.25) is 0 Å². The standard InChI is InChI=1S/C2H7NO3.C2H7NO/c1-3-2(4,5)6;3-1-2-4/h3-6H,1H3;4H,1-3H2. The van der Waals surface area contributed by atoms with Crippen LogP contribution >= 0.6 is 0 Å². The molecule has 0 atom stereocenters. The Morgan fingerprint density at radius 3 is 1.60 bits per heavy atom. The number of hydrogen-bond acceptors (Lipinski definition) is 6. The molecular formula is C4H14N2O4. The Morgan fingerprint density at radius 1 is 1.40 bits per heavy atom. The van der Waals surface area contributed by atoms with Crippen LogP contribution in [-0.2, 0) is 0 Å². The summed E-state index contributed by atoms with van der Waals surface area (Å²) in [5.41, 5.74) is 4.78. The average Bonchev–Trinajstić information content (AvgIpc) is 1.87. The summed E-state index contributed by atoms with van der Waals surface area (Å²) in [6.07, 6.45) is -2.71. The molecule has 0 saturated heterocycles. The summed E-state index contributed by atoms with van der Waals surface area (Å²) in [5, 5.41) is 33.0. The fraction of sp³-hybridized carbons (Fsp3) is 1.00. The van der Waals surface area contributed by atoms with Gasteiger partial charge in [-0.15, -0.1) is 0 Å². The van der Waals surface area contributed by atoms with Gasteiger partial charge in [-0.05, 0) is 7.05 Å². The summed E-state index contributed by atoms with van der Waals surface area (Å²) in [6.45, 7) is 0.472. The first-order valence-corrected chi connectivity index (χ1v) is 2.65. The summed E-state index contributed by atoms with van der Waals surface area (Å²) in [6, 6.07) is 0. The first-order chi connectivity index (χ1) is 4.47. The maximum Gasteiger partial charge on any atom is 0.342 e. The fourth-order valence-corrected chi connectivity index (χ4v) is 0. The SMILES string of the molecule is CNC(O)(O)O.NCCO. The molecular weight excluding hydrogens is 140 g/mol. The molecule has 0 aromatic heterocycles. The first kappa shape index (κ1) is 12.4. The molecule has 0 aromatic rings. The summed E-state index contributed by atoms with van der Waals surface area (Å²) in [5.74, 6) is 0. The van der Waals surface area contributed by atoms with E-state index in [0.29, 0.717) is 6.54 Å². The van der Waals surface area contributed by atoms with Crippen LogP contribution in [0.5, 0.6) is 0 Å². The molecule has 0 aromatic carbocycles. The van der Waals surface area contributed by atoms with Gasteiger partial charge in [-0.2, -0.15) is 0 Å². The van der Waals surface area contributed by atoms with Crippen molar-refractivity contribution in [3.05, 3.63) is 0 Å². The molecule has 10 heavy (non-hydrogen) atoms. The molecule has 0 rings (SSSR count). The van der Waals surface area contributed by atoms with Crippen molar-refractivity contribution in [2.75, 3.05) is 20.2 Å². The normalized spacial score (nSPS) is 10.2. The third-order valence-corrected chi connectivity index (χ3v) is 0.465. The molecule has 6 nitrogen and oxygen atoms in total. The molecule has 0 aliphatic heterocycles. The van der Waals surface area contributed by atoms with Crippen LogP contribution in [0.2, 0.25) is 0 Å². The average molecular weight is 154 g/mol. The van der Waals surface area contributed by atoms with Crippen LogP contribution in [0.4, 0.5) is 0 Å². The van der Waals surface area contributed by atoms with Crippen LogP contribution in [0.3, 0.4) is 0 Å². The van der Waals surface area contributed by atoms with Crippen LogP contribution < -0.4 is 11.1 Å². The van der Waals surface area contributed by atoms with Gasteiger partial charge in [0.15, 0.2) is 0 Å². The van der Waals surface area contributed by atoms with Gasteiger partial charge in [-0.1, -0.05) is 0 Å². The molecule has 0 saturated carbocycles.